The number of unbranched alkanes of at least 4 members (excludes halogenated alkanes) is 7. The van der Waals surface area contributed by atoms with Crippen LogP contribution in [0.5, 0.6) is 0 Å². The molecule has 0 aliphatic rings. The summed E-state index contributed by atoms with van der Waals surface area (Å²) < 4.78 is 17.1. The summed E-state index contributed by atoms with van der Waals surface area (Å²) >= 11 is 0. The summed E-state index contributed by atoms with van der Waals surface area (Å²) in [6, 6.07) is -0.745. The Bertz CT molecular complexity index is 1390. The molecule has 60 heavy (non-hydrogen) atoms. The van der Waals surface area contributed by atoms with E-state index in [1.807, 2.05) is 36.5 Å². The summed E-state index contributed by atoms with van der Waals surface area (Å²) in [6.07, 6.45) is 58.0. The normalized spacial score (nSPS) is 14.1. The van der Waals surface area contributed by atoms with Gasteiger partial charge in [-0.3, -0.25) is 9.59 Å². The number of carboxylic acids is 1. The number of rotatable bonds is 38. The second kappa shape index (κ2) is 41.5. The second-order valence-corrected chi connectivity index (χ2v) is 15.6. The van der Waals surface area contributed by atoms with Crippen molar-refractivity contribution in [1.29, 1.82) is 0 Å². The van der Waals surface area contributed by atoms with Gasteiger partial charge in [0.2, 0.25) is 0 Å². The molecule has 0 aromatic heterocycles. The molecular formula is C52H81NO7. The van der Waals surface area contributed by atoms with E-state index in [1.165, 1.54) is 0 Å². The molecule has 0 spiro atoms. The van der Waals surface area contributed by atoms with E-state index in [2.05, 4.69) is 98.9 Å². The molecule has 0 fully saturated rings. The lowest BCUT2D eigenvalue weighted by Gasteiger charge is -2.34. The smallest absolute Gasteiger partial charge is 0.306 e. The molecule has 0 aromatic carbocycles. The first kappa shape index (κ1) is 55.7. The van der Waals surface area contributed by atoms with Crippen molar-refractivity contribution in [3.05, 3.63) is 122 Å². The Morgan fingerprint density at radius 2 is 0.967 bits per heavy atom. The van der Waals surface area contributed by atoms with E-state index in [0.29, 0.717) is 12.8 Å². The van der Waals surface area contributed by atoms with Crippen molar-refractivity contribution in [3.8, 4) is 0 Å². The van der Waals surface area contributed by atoms with Crippen LogP contribution < -0.4 is 5.11 Å². The number of carbonyl (C=O) groups is 3. The van der Waals surface area contributed by atoms with Crippen LogP contribution in [0.1, 0.15) is 136 Å². The molecule has 0 heterocycles. The van der Waals surface area contributed by atoms with Crippen LogP contribution >= 0.6 is 0 Å². The summed E-state index contributed by atoms with van der Waals surface area (Å²) in [5, 5.41) is 11.6. The number of likely N-dealkylation sites (N-methyl/N-ethyl adjacent to an activating group) is 1. The lowest BCUT2D eigenvalue weighted by atomic mass is 10.1. The zero-order valence-corrected chi connectivity index (χ0v) is 38.1. The highest BCUT2D eigenvalue weighted by molar-refractivity contribution is 5.70. The number of hydrogen-bond acceptors (Lipinski definition) is 7. The summed E-state index contributed by atoms with van der Waals surface area (Å²) in [5.74, 6) is -1.84. The molecule has 0 amide bonds. The van der Waals surface area contributed by atoms with Crippen LogP contribution in [0.25, 0.3) is 0 Å². The van der Waals surface area contributed by atoms with Crippen molar-refractivity contribution in [2.24, 2.45) is 0 Å². The zero-order valence-electron chi connectivity index (χ0n) is 38.1. The maximum atomic E-state index is 12.7. The van der Waals surface area contributed by atoms with Gasteiger partial charge in [-0.1, -0.05) is 155 Å². The fourth-order valence-corrected chi connectivity index (χ4v) is 5.73. The van der Waals surface area contributed by atoms with Gasteiger partial charge in [0.15, 0.2) is 6.10 Å². The number of hydrogen-bond donors (Lipinski definition) is 0. The fraction of sp³-hybridized carbons (Fsp3) is 0.558. The highest BCUT2D eigenvalue weighted by Crippen LogP contribution is 2.11. The first-order valence-electron chi connectivity index (χ1n) is 22.6. The molecule has 0 aliphatic carbocycles. The Hall–Kier alpha value is -4.27. The van der Waals surface area contributed by atoms with Crippen molar-refractivity contribution in [2.45, 2.75) is 148 Å². The molecule has 0 N–H and O–H groups in total. The van der Waals surface area contributed by atoms with Gasteiger partial charge >= 0.3 is 11.9 Å². The Morgan fingerprint density at radius 1 is 0.517 bits per heavy atom. The average Bonchev–Trinajstić information content (AvgIpc) is 3.21. The zero-order chi connectivity index (χ0) is 44.2. The minimum absolute atomic E-state index is 0.00784. The van der Waals surface area contributed by atoms with Gasteiger partial charge in [-0.05, 0) is 83.5 Å². The first-order valence-corrected chi connectivity index (χ1v) is 22.6. The van der Waals surface area contributed by atoms with Gasteiger partial charge in [-0.25, -0.2) is 0 Å². The monoisotopic (exact) mass is 832 g/mol. The molecule has 0 aliphatic heterocycles. The summed E-state index contributed by atoms with van der Waals surface area (Å²) in [5.41, 5.74) is 0. The summed E-state index contributed by atoms with van der Waals surface area (Å²) in [7, 11) is 5.37. The van der Waals surface area contributed by atoms with Gasteiger partial charge in [0.05, 0.1) is 40.3 Å². The SMILES string of the molecule is CC/C=C/C=C/C=C/C=C/CCCCCC(=O)OCC(COCCC(C(=O)[O-])[N+](C)(C)C)OC(=O)CCCCCC/C=C/C/C=C/C/C=C/C/C=C/C/C=C/C/C=C/CC. The standard InChI is InChI=1S/C52H81NO7/c1-6-8-10-12-14-16-18-20-21-22-23-24-25-26-27-28-29-31-33-35-37-39-41-43-51(55)60-48(46-58-45-44-49(52(56)57)53(3,4)5)47-59-50(54)42-40-38-36-34-32-30-19-17-15-13-11-9-7-2/h8-11,13-17,19-21,23-24,26-27,29-32,48-49H,6-7,12,18,22,25,28,33-47H2,1-5H3/b10-8+,11-9+,15-13+,16-14+,19-17+,21-20+,24-23+,27-26+,31-29+,32-30+. The highest BCUT2D eigenvalue weighted by atomic mass is 16.6. The molecule has 0 bridgehead atoms. The fourth-order valence-electron chi connectivity index (χ4n) is 5.73. The Labute approximate surface area is 365 Å². The van der Waals surface area contributed by atoms with Gasteiger partial charge in [-0.2, -0.15) is 0 Å². The summed E-state index contributed by atoms with van der Waals surface area (Å²) in [6.45, 7) is 4.30. The third-order valence-corrected chi connectivity index (χ3v) is 9.19. The molecule has 2 unspecified atom stereocenters. The molecular weight excluding hydrogens is 751 g/mol. The van der Waals surface area contributed by atoms with Gasteiger partial charge in [0, 0.05) is 19.3 Å². The van der Waals surface area contributed by atoms with Gasteiger partial charge in [0.1, 0.15) is 12.6 Å². The Kier molecular flexibility index (Phi) is 38.5. The number of esters is 2. The molecule has 0 saturated carbocycles. The van der Waals surface area contributed by atoms with Crippen LogP contribution in [-0.4, -0.2) is 75.5 Å². The lowest BCUT2D eigenvalue weighted by Crippen LogP contribution is -2.55. The van der Waals surface area contributed by atoms with Crippen LogP contribution in [0.2, 0.25) is 0 Å². The summed E-state index contributed by atoms with van der Waals surface area (Å²) in [4.78, 5) is 36.9. The highest BCUT2D eigenvalue weighted by Gasteiger charge is 2.25. The van der Waals surface area contributed by atoms with E-state index in [0.717, 1.165) is 89.9 Å². The third-order valence-electron chi connectivity index (χ3n) is 9.19. The largest absolute Gasteiger partial charge is 0.544 e. The molecule has 0 rings (SSSR count). The second-order valence-electron chi connectivity index (χ2n) is 15.6. The van der Waals surface area contributed by atoms with Crippen LogP contribution in [0.3, 0.4) is 0 Å². The van der Waals surface area contributed by atoms with Crippen molar-refractivity contribution >= 4 is 17.9 Å². The van der Waals surface area contributed by atoms with Crippen molar-refractivity contribution in [2.75, 3.05) is 41.0 Å². The number of allylic oxidation sites excluding steroid dienone is 20. The van der Waals surface area contributed by atoms with E-state index >= 15 is 0 Å². The number of nitrogens with zero attached hydrogens (tertiary/aromatic N) is 1. The molecule has 8 nitrogen and oxygen atoms in total. The molecule has 0 aromatic rings. The molecule has 0 radical (unpaired) electrons. The van der Waals surface area contributed by atoms with Gasteiger partial charge in [-0.15, -0.1) is 0 Å². The van der Waals surface area contributed by atoms with Gasteiger partial charge in [0.25, 0.3) is 0 Å². The van der Waals surface area contributed by atoms with Crippen molar-refractivity contribution in [3.63, 3.8) is 0 Å². The van der Waals surface area contributed by atoms with Gasteiger partial charge < -0.3 is 28.6 Å². The van der Waals surface area contributed by atoms with Crippen molar-refractivity contribution < 1.29 is 38.2 Å². The number of aliphatic carboxylic acids is 1. The van der Waals surface area contributed by atoms with E-state index in [9.17, 15) is 19.5 Å². The number of quaternary nitrogens is 1. The topological polar surface area (TPSA) is 102 Å². The lowest BCUT2D eigenvalue weighted by molar-refractivity contribution is -0.889. The predicted molar refractivity (Wildman–Crippen MR) is 249 cm³/mol. The van der Waals surface area contributed by atoms with E-state index in [4.69, 9.17) is 14.2 Å². The Morgan fingerprint density at radius 3 is 1.50 bits per heavy atom. The minimum Gasteiger partial charge on any atom is -0.544 e. The van der Waals surface area contributed by atoms with Crippen LogP contribution in [0.4, 0.5) is 0 Å². The van der Waals surface area contributed by atoms with Crippen LogP contribution in [0, 0.1) is 0 Å². The maximum Gasteiger partial charge on any atom is 0.306 e. The van der Waals surface area contributed by atoms with Crippen LogP contribution in [-0.2, 0) is 28.6 Å². The predicted octanol–water partition coefficient (Wildman–Crippen LogP) is 11.3. The van der Waals surface area contributed by atoms with Crippen LogP contribution in [0.15, 0.2) is 122 Å². The van der Waals surface area contributed by atoms with E-state index in [-0.39, 0.29) is 55.5 Å². The van der Waals surface area contributed by atoms with E-state index < -0.39 is 18.1 Å². The molecule has 8 heteroatoms. The van der Waals surface area contributed by atoms with Crippen molar-refractivity contribution in [1.82, 2.24) is 0 Å². The number of carbonyl (C=O) groups excluding carboxylic acids is 3. The third kappa shape index (κ3) is 39.2. The number of carboxylic acid groups (broad SMARTS) is 1. The first-order chi connectivity index (χ1) is 29.1. The Balaban J connectivity index is 4.44. The average molecular weight is 832 g/mol. The minimum atomic E-state index is -1.14. The van der Waals surface area contributed by atoms with E-state index in [1.54, 1.807) is 21.1 Å². The quantitative estimate of drug-likeness (QED) is 0.0201. The maximum absolute atomic E-state index is 12.7. The molecule has 2 atom stereocenters. The molecule has 0 saturated heterocycles. The number of ether oxygens (including phenoxy) is 3. The molecule has 336 valence electrons.